The predicted molar refractivity (Wildman–Crippen MR) is 59.3 cm³/mol. The first-order chi connectivity index (χ1) is 6.60. The van der Waals surface area contributed by atoms with Gasteiger partial charge in [0.2, 0.25) is 0 Å². The molecule has 1 N–H and O–H groups in total. The van der Waals surface area contributed by atoms with Gasteiger partial charge in [0.15, 0.2) is 5.78 Å². The summed E-state index contributed by atoms with van der Waals surface area (Å²) in [6, 6.07) is 0. The third kappa shape index (κ3) is 2.44. The third-order valence-electron chi connectivity index (χ3n) is 2.92. The molecule has 1 aliphatic heterocycles. The van der Waals surface area contributed by atoms with Crippen LogP contribution in [0.2, 0.25) is 0 Å². The quantitative estimate of drug-likeness (QED) is 0.683. The van der Waals surface area contributed by atoms with Gasteiger partial charge in [0, 0.05) is 6.42 Å². The van der Waals surface area contributed by atoms with Crippen LogP contribution < -0.4 is 5.32 Å². The van der Waals surface area contributed by atoms with Crippen molar-refractivity contribution in [3.8, 4) is 0 Å². The number of carbonyl (C=O) groups excluding carboxylic acids is 1. The largest absolute Gasteiger partial charge is 0.305 e. The van der Waals surface area contributed by atoms with Crippen LogP contribution in [0.3, 0.4) is 0 Å². The summed E-state index contributed by atoms with van der Waals surface area (Å²) in [5, 5.41) is 3.39. The Kier molecular flexibility index (Phi) is 3.87. The van der Waals surface area contributed by atoms with E-state index in [2.05, 4.69) is 18.8 Å². The molecule has 1 atom stereocenters. The Morgan fingerprint density at radius 1 is 1.57 bits per heavy atom. The zero-order valence-electron chi connectivity index (χ0n) is 9.36. The molecule has 1 rings (SSSR count). The molecule has 1 heterocycles. The first-order valence-electron chi connectivity index (χ1n) is 5.53. The van der Waals surface area contributed by atoms with E-state index in [1.807, 2.05) is 6.92 Å². The molecule has 14 heavy (non-hydrogen) atoms. The Balaban J connectivity index is 2.66. The van der Waals surface area contributed by atoms with Gasteiger partial charge in [-0.2, -0.15) is 0 Å². The monoisotopic (exact) mass is 195 g/mol. The number of hydrogen-bond donors (Lipinski definition) is 1. The van der Waals surface area contributed by atoms with Gasteiger partial charge in [0.1, 0.15) is 0 Å². The number of allylic oxidation sites excluding steroid dienone is 1. The van der Waals surface area contributed by atoms with E-state index in [9.17, 15) is 4.79 Å². The summed E-state index contributed by atoms with van der Waals surface area (Å²) >= 11 is 0. The van der Waals surface area contributed by atoms with E-state index >= 15 is 0 Å². The molecule has 80 valence electrons. The Hall–Kier alpha value is -0.630. The van der Waals surface area contributed by atoms with Gasteiger partial charge in [0.05, 0.1) is 5.54 Å². The van der Waals surface area contributed by atoms with E-state index in [1.54, 1.807) is 0 Å². The second-order valence-corrected chi connectivity index (χ2v) is 4.42. The minimum absolute atomic E-state index is 0.215. The van der Waals surface area contributed by atoms with Crippen LogP contribution in [0.25, 0.3) is 0 Å². The molecule has 1 aliphatic rings. The molecular formula is C12H21NO. The van der Waals surface area contributed by atoms with Gasteiger partial charge in [0.25, 0.3) is 0 Å². The fourth-order valence-electron chi connectivity index (χ4n) is 2.27. The highest BCUT2D eigenvalue weighted by atomic mass is 16.1. The highest BCUT2D eigenvalue weighted by Gasteiger charge is 2.38. The molecule has 2 heteroatoms. The van der Waals surface area contributed by atoms with Crippen molar-refractivity contribution in [2.45, 2.75) is 51.5 Å². The Morgan fingerprint density at radius 3 is 2.71 bits per heavy atom. The van der Waals surface area contributed by atoms with Crippen LogP contribution in [0.1, 0.15) is 46.0 Å². The van der Waals surface area contributed by atoms with Crippen LogP contribution in [0.5, 0.6) is 0 Å². The second-order valence-electron chi connectivity index (χ2n) is 4.42. The smallest absolute Gasteiger partial charge is 0.156 e. The molecule has 0 aliphatic carbocycles. The molecule has 0 aromatic carbocycles. The molecule has 0 amide bonds. The normalized spacial score (nSPS) is 26.4. The highest BCUT2D eigenvalue weighted by Crippen LogP contribution is 2.27. The molecule has 0 aromatic rings. The molecular weight excluding hydrogens is 174 g/mol. The average molecular weight is 195 g/mol. The number of hydrogen-bond acceptors (Lipinski definition) is 2. The fraction of sp³-hybridized carbons (Fsp3) is 0.750. The van der Waals surface area contributed by atoms with Crippen molar-refractivity contribution >= 4 is 5.78 Å². The van der Waals surface area contributed by atoms with E-state index in [1.165, 1.54) is 0 Å². The second kappa shape index (κ2) is 4.74. The fourth-order valence-corrected chi connectivity index (χ4v) is 2.27. The van der Waals surface area contributed by atoms with Gasteiger partial charge in [-0.15, -0.1) is 0 Å². The van der Waals surface area contributed by atoms with Gasteiger partial charge in [-0.1, -0.05) is 25.5 Å². The van der Waals surface area contributed by atoms with Crippen LogP contribution in [0.4, 0.5) is 0 Å². The number of ketones is 1. The van der Waals surface area contributed by atoms with Crippen molar-refractivity contribution in [3.63, 3.8) is 0 Å². The Morgan fingerprint density at radius 2 is 2.29 bits per heavy atom. The van der Waals surface area contributed by atoms with Crippen LogP contribution in [0.15, 0.2) is 12.2 Å². The van der Waals surface area contributed by atoms with Crippen LogP contribution >= 0.6 is 0 Å². The van der Waals surface area contributed by atoms with Gasteiger partial charge < -0.3 is 5.32 Å². The molecule has 0 aromatic heterocycles. The van der Waals surface area contributed by atoms with Crippen molar-refractivity contribution in [3.05, 3.63) is 12.2 Å². The minimum atomic E-state index is -0.215. The summed E-state index contributed by atoms with van der Waals surface area (Å²) < 4.78 is 0. The third-order valence-corrected chi connectivity index (χ3v) is 2.92. The SMILES string of the molecule is C=C(C)CC(=O)C1(CCC)CCCN1. The summed E-state index contributed by atoms with van der Waals surface area (Å²) in [6.07, 6.45) is 4.70. The Labute approximate surface area is 86.8 Å². The van der Waals surface area contributed by atoms with Crippen molar-refractivity contribution in [2.24, 2.45) is 0 Å². The van der Waals surface area contributed by atoms with Crippen molar-refractivity contribution < 1.29 is 4.79 Å². The van der Waals surface area contributed by atoms with Gasteiger partial charge >= 0.3 is 0 Å². The minimum Gasteiger partial charge on any atom is -0.305 e. The predicted octanol–water partition coefficient (Wildman–Crippen LogP) is 2.44. The summed E-state index contributed by atoms with van der Waals surface area (Å²) in [5.74, 6) is 0.337. The number of rotatable bonds is 5. The van der Waals surface area contributed by atoms with Crippen LogP contribution in [-0.4, -0.2) is 17.9 Å². The maximum Gasteiger partial charge on any atom is 0.156 e. The highest BCUT2D eigenvalue weighted by molar-refractivity contribution is 5.90. The van der Waals surface area contributed by atoms with Gasteiger partial charge in [-0.05, 0) is 32.7 Å². The van der Waals surface area contributed by atoms with Gasteiger partial charge in [-0.3, -0.25) is 4.79 Å². The number of carbonyl (C=O) groups is 1. The zero-order chi connectivity index (χ0) is 10.6. The maximum absolute atomic E-state index is 12.0. The lowest BCUT2D eigenvalue weighted by atomic mass is 9.85. The molecule has 1 saturated heterocycles. The summed E-state index contributed by atoms with van der Waals surface area (Å²) in [7, 11) is 0. The van der Waals surface area contributed by atoms with E-state index in [4.69, 9.17) is 0 Å². The first kappa shape index (κ1) is 11.4. The Bertz CT molecular complexity index is 226. The lowest BCUT2D eigenvalue weighted by Gasteiger charge is -2.27. The molecule has 2 nitrogen and oxygen atoms in total. The van der Waals surface area contributed by atoms with E-state index in [0.717, 1.165) is 37.8 Å². The first-order valence-corrected chi connectivity index (χ1v) is 5.53. The number of Topliss-reactive ketones (excluding diaryl/α,β-unsaturated/α-hetero) is 1. The zero-order valence-corrected chi connectivity index (χ0v) is 9.36. The molecule has 0 saturated carbocycles. The van der Waals surface area contributed by atoms with Crippen LogP contribution in [-0.2, 0) is 4.79 Å². The standard InChI is InChI=1S/C12H21NO/c1-4-6-12(7-5-8-13-12)11(14)9-10(2)3/h13H,2,4-9H2,1,3H3. The summed E-state index contributed by atoms with van der Waals surface area (Å²) in [5.41, 5.74) is 0.757. The lowest BCUT2D eigenvalue weighted by molar-refractivity contribution is -0.124. The van der Waals surface area contributed by atoms with Crippen molar-refractivity contribution in [1.82, 2.24) is 5.32 Å². The summed E-state index contributed by atoms with van der Waals surface area (Å²) in [4.78, 5) is 12.0. The molecule has 0 bridgehead atoms. The average Bonchev–Trinajstić information content (AvgIpc) is 2.53. The lowest BCUT2D eigenvalue weighted by Crippen LogP contribution is -2.47. The maximum atomic E-state index is 12.0. The van der Waals surface area contributed by atoms with Crippen molar-refractivity contribution in [2.75, 3.05) is 6.54 Å². The molecule has 1 fully saturated rings. The molecule has 0 radical (unpaired) electrons. The topological polar surface area (TPSA) is 29.1 Å². The van der Waals surface area contributed by atoms with Gasteiger partial charge in [-0.25, -0.2) is 0 Å². The van der Waals surface area contributed by atoms with E-state index in [-0.39, 0.29) is 5.54 Å². The molecule has 1 unspecified atom stereocenters. The number of nitrogens with one attached hydrogen (secondary N) is 1. The summed E-state index contributed by atoms with van der Waals surface area (Å²) in [6.45, 7) is 8.85. The molecule has 0 spiro atoms. The van der Waals surface area contributed by atoms with E-state index in [0.29, 0.717) is 12.2 Å². The van der Waals surface area contributed by atoms with E-state index < -0.39 is 0 Å². The van der Waals surface area contributed by atoms with Crippen LogP contribution in [0, 0.1) is 0 Å². The van der Waals surface area contributed by atoms with Crippen molar-refractivity contribution in [1.29, 1.82) is 0 Å².